The molecule has 1 aliphatic carbocycles. The Morgan fingerprint density at radius 2 is 0.843 bits per heavy atom. The van der Waals surface area contributed by atoms with Gasteiger partial charge in [-0.15, -0.1) is 0 Å². The minimum absolute atomic E-state index is 0.0767. The molecule has 51 heavy (non-hydrogen) atoms. The lowest BCUT2D eigenvalue weighted by Crippen LogP contribution is -2.70. The molecule has 10 rings (SSSR count). The molecule has 0 aromatic heterocycles. The van der Waals surface area contributed by atoms with Crippen molar-refractivity contribution in [2.75, 3.05) is 4.90 Å². The normalized spacial score (nSPS) is 15.1. The Kier molecular flexibility index (Phi) is 6.28. The highest BCUT2D eigenvalue weighted by Crippen LogP contribution is 2.51. The molecule has 0 saturated carbocycles. The van der Waals surface area contributed by atoms with Crippen molar-refractivity contribution in [2.24, 2.45) is 0 Å². The zero-order chi connectivity index (χ0) is 34.7. The van der Waals surface area contributed by atoms with E-state index in [0.29, 0.717) is 0 Å². The molecule has 1 spiro atoms. The largest absolute Gasteiger partial charge is 0.310 e. The van der Waals surface area contributed by atoms with Crippen LogP contribution in [-0.4, -0.2) is 8.07 Å². The lowest BCUT2D eigenvalue weighted by atomic mass is 9.82. The van der Waals surface area contributed by atoms with E-state index in [-0.39, 0.29) is 10.8 Å². The smallest absolute Gasteiger partial charge is 0.182 e. The molecule has 0 N–H and O–H groups in total. The fourth-order valence-corrected chi connectivity index (χ4v) is 15.2. The van der Waals surface area contributed by atoms with Gasteiger partial charge < -0.3 is 4.90 Å². The minimum atomic E-state index is -2.57. The highest BCUT2D eigenvalue weighted by Gasteiger charge is 2.54. The maximum absolute atomic E-state index is 2.57. The summed E-state index contributed by atoms with van der Waals surface area (Å²) in [6.07, 6.45) is 0. The Hall–Kier alpha value is -5.44. The molecular formula is C49H41NSi. The van der Waals surface area contributed by atoms with Crippen LogP contribution in [0.5, 0.6) is 0 Å². The molecule has 0 fully saturated rings. The second-order valence-corrected chi connectivity index (χ2v) is 19.8. The van der Waals surface area contributed by atoms with E-state index in [2.05, 4.69) is 197 Å². The van der Waals surface area contributed by atoms with Gasteiger partial charge in [0.05, 0.1) is 0 Å². The first kappa shape index (κ1) is 30.4. The Morgan fingerprint density at radius 3 is 1.41 bits per heavy atom. The van der Waals surface area contributed by atoms with E-state index in [1.54, 1.807) is 0 Å². The summed E-state index contributed by atoms with van der Waals surface area (Å²) in [6, 6.07) is 60.4. The van der Waals surface area contributed by atoms with E-state index >= 15 is 0 Å². The highest BCUT2D eigenvalue weighted by atomic mass is 28.3. The summed E-state index contributed by atoms with van der Waals surface area (Å²) in [7, 11) is -2.57. The van der Waals surface area contributed by atoms with E-state index in [4.69, 9.17) is 0 Å². The summed E-state index contributed by atoms with van der Waals surface area (Å²) in [6.45, 7) is 11.6. The fourth-order valence-electron chi connectivity index (χ4n) is 9.61. The SMILES string of the molecule is CC(C)(C)c1ccc(N(c2ccc3c(c2)C(C)(C)c2ccccc2-3)c2ccc3c(c2)[Si]2(c4ccccc4-c4ccccc42)c2ccccc2-3)cc1. The van der Waals surface area contributed by atoms with Crippen LogP contribution in [0.2, 0.25) is 0 Å². The molecule has 2 heterocycles. The van der Waals surface area contributed by atoms with Crippen LogP contribution in [0.4, 0.5) is 17.1 Å². The molecular weight excluding hydrogens is 631 g/mol. The third-order valence-electron chi connectivity index (χ3n) is 12.1. The van der Waals surface area contributed by atoms with Crippen LogP contribution in [0, 0.1) is 0 Å². The van der Waals surface area contributed by atoms with Gasteiger partial charge in [-0.3, -0.25) is 0 Å². The maximum Gasteiger partial charge on any atom is 0.182 e. The molecule has 0 amide bonds. The molecule has 0 radical (unpaired) electrons. The van der Waals surface area contributed by atoms with Gasteiger partial charge in [0.1, 0.15) is 0 Å². The van der Waals surface area contributed by atoms with Crippen molar-refractivity contribution in [3.63, 3.8) is 0 Å². The highest BCUT2D eigenvalue weighted by molar-refractivity contribution is 7.24. The molecule has 246 valence electrons. The van der Waals surface area contributed by atoms with Crippen LogP contribution in [0.25, 0.3) is 33.4 Å². The Labute approximate surface area is 302 Å². The zero-order valence-electron chi connectivity index (χ0n) is 30.0. The molecule has 1 nitrogen and oxygen atoms in total. The van der Waals surface area contributed by atoms with E-state index in [9.17, 15) is 0 Å². The lowest BCUT2D eigenvalue weighted by Gasteiger charge is -2.31. The average molecular weight is 672 g/mol. The van der Waals surface area contributed by atoms with Gasteiger partial charge in [0.25, 0.3) is 0 Å². The molecule has 7 aromatic carbocycles. The first-order valence-corrected chi connectivity index (χ1v) is 20.3. The van der Waals surface area contributed by atoms with Gasteiger partial charge in [-0.05, 0) is 113 Å². The number of hydrogen-bond acceptors (Lipinski definition) is 1. The Bertz CT molecular complexity index is 2490. The third-order valence-corrected chi connectivity index (χ3v) is 17.0. The fraction of sp³-hybridized carbons (Fsp3) is 0.143. The second kappa shape index (κ2) is 10.5. The molecule has 2 heteroatoms. The van der Waals surface area contributed by atoms with Gasteiger partial charge in [-0.2, -0.15) is 0 Å². The maximum atomic E-state index is 2.56. The first-order valence-electron chi connectivity index (χ1n) is 18.3. The van der Waals surface area contributed by atoms with Crippen molar-refractivity contribution in [2.45, 2.75) is 45.4 Å². The monoisotopic (exact) mass is 671 g/mol. The average Bonchev–Trinajstić information content (AvgIpc) is 3.70. The van der Waals surface area contributed by atoms with Crippen molar-refractivity contribution < 1.29 is 0 Å². The summed E-state index contributed by atoms with van der Waals surface area (Å²) in [5, 5.41) is 6.01. The molecule has 7 aromatic rings. The first-order chi connectivity index (χ1) is 24.7. The van der Waals surface area contributed by atoms with Gasteiger partial charge in [0, 0.05) is 22.5 Å². The predicted molar refractivity (Wildman–Crippen MR) is 219 cm³/mol. The zero-order valence-corrected chi connectivity index (χ0v) is 31.0. The van der Waals surface area contributed by atoms with Crippen molar-refractivity contribution in [1.82, 2.24) is 0 Å². The van der Waals surface area contributed by atoms with Gasteiger partial charge in [0.2, 0.25) is 0 Å². The third kappa shape index (κ3) is 4.08. The summed E-state index contributed by atoms with van der Waals surface area (Å²) in [4.78, 5) is 2.50. The number of fused-ring (bicyclic) bond motifs is 13. The van der Waals surface area contributed by atoms with E-state index in [1.807, 2.05) is 0 Å². The number of hydrogen-bond donors (Lipinski definition) is 0. The quantitative estimate of drug-likeness (QED) is 0.169. The van der Waals surface area contributed by atoms with Crippen molar-refractivity contribution >= 4 is 45.9 Å². The lowest BCUT2D eigenvalue weighted by molar-refractivity contribution is 0.590. The number of benzene rings is 7. The molecule has 3 aliphatic rings. The standard InChI is InChI=1S/C49H41NSi/c1-48(2,3)32-22-24-33(25-23-32)50(34-26-28-37-36-14-6-10-18-42(36)49(4,5)43(37)30-34)35-27-29-41-40-17-9-13-21-46(40)51(47(41)31-35)44-19-11-7-15-38(44)39-16-8-12-20-45(39)51/h6-31H,1-5H3. The van der Waals surface area contributed by atoms with E-state index in [1.165, 1.54) is 87.9 Å². The molecule has 0 atom stereocenters. The molecule has 0 bridgehead atoms. The minimum Gasteiger partial charge on any atom is -0.310 e. The summed E-state index contributed by atoms with van der Waals surface area (Å²) >= 11 is 0. The summed E-state index contributed by atoms with van der Waals surface area (Å²) in [5.74, 6) is 0. The molecule has 0 unspecified atom stereocenters. The van der Waals surface area contributed by atoms with Crippen LogP contribution in [-0.2, 0) is 10.8 Å². The second-order valence-electron chi connectivity index (χ2n) is 16.1. The predicted octanol–water partition coefficient (Wildman–Crippen LogP) is 10.1. The summed E-state index contributed by atoms with van der Waals surface area (Å²) < 4.78 is 0. The van der Waals surface area contributed by atoms with Gasteiger partial charge in [-0.25, -0.2) is 0 Å². The van der Waals surface area contributed by atoms with Crippen molar-refractivity contribution in [3.05, 3.63) is 174 Å². The van der Waals surface area contributed by atoms with Crippen LogP contribution in [0.15, 0.2) is 158 Å². The van der Waals surface area contributed by atoms with Crippen LogP contribution >= 0.6 is 0 Å². The molecule has 2 aliphatic heterocycles. The van der Waals surface area contributed by atoms with Gasteiger partial charge in [-0.1, -0.05) is 156 Å². The van der Waals surface area contributed by atoms with Gasteiger partial charge in [0.15, 0.2) is 8.07 Å². The van der Waals surface area contributed by atoms with Crippen molar-refractivity contribution in [3.8, 4) is 33.4 Å². The van der Waals surface area contributed by atoms with Gasteiger partial charge >= 0.3 is 0 Å². The van der Waals surface area contributed by atoms with Crippen LogP contribution in [0.1, 0.15) is 51.3 Å². The summed E-state index contributed by atoms with van der Waals surface area (Å²) in [5.41, 5.74) is 15.9. The Balaban J connectivity index is 1.23. The topological polar surface area (TPSA) is 3.24 Å². The Morgan fingerprint density at radius 1 is 0.412 bits per heavy atom. The van der Waals surface area contributed by atoms with E-state index in [0.717, 1.165) is 0 Å². The van der Waals surface area contributed by atoms with Crippen molar-refractivity contribution in [1.29, 1.82) is 0 Å². The number of anilines is 3. The number of rotatable bonds is 3. The van der Waals surface area contributed by atoms with E-state index < -0.39 is 8.07 Å². The van der Waals surface area contributed by atoms with Crippen LogP contribution < -0.4 is 25.6 Å². The van der Waals surface area contributed by atoms with Crippen LogP contribution in [0.3, 0.4) is 0 Å². The molecule has 0 saturated heterocycles. The number of nitrogens with zero attached hydrogens (tertiary/aromatic N) is 1.